The van der Waals surface area contributed by atoms with Crippen molar-refractivity contribution in [2.45, 2.75) is 18.8 Å². The van der Waals surface area contributed by atoms with Gasteiger partial charge < -0.3 is 10.4 Å². The Hall–Kier alpha value is -0.420. The maximum atomic E-state index is 13.5. The Morgan fingerprint density at radius 2 is 1.73 bits per heavy atom. The monoisotopic (exact) mass is 241 g/mol. The Labute approximate surface area is 92.6 Å². The van der Waals surface area contributed by atoms with Crippen LogP contribution in [0, 0.1) is 17.8 Å². The van der Waals surface area contributed by atoms with Gasteiger partial charge in [-0.05, 0) is 12.8 Å². The van der Waals surface area contributed by atoms with Crippen LogP contribution in [0.5, 0.6) is 0 Å². The van der Waals surface area contributed by atoms with Crippen LogP contribution in [0.1, 0.15) is 12.8 Å². The van der Waals surface area contributed by atoms with E-state index in [1.54, 1.807) is 0 Å². The molecule has 2 aliphatic rings. The number of carboxylic acids is 1. The number of rotatable bonds is 1. The molecule has 1 saturated carbocycles. The molecule has 1 heterocycles. The third-order valence-electron chi connectivity index (χ3n) is 3.36. The normalized spacial score (nSPS) is 37.9. The van der Waals surface area contributed by atoms with Crippen molar-refractivity contribution in [3.63, 3.8) is 0 Å². The highest BCUT2D eigenvalue weighted by molar-refractivity contribution is 5.85. The number of fused-ring (bicyclic) bond motifs is 2. The molecule has 2 bridgehead atoms. The van der Waals surface area contributed by atoms with Gasteiger partial charge in [-0.1, -0.05) is 0 Å². The molecule has 15 heavy (non-hydrogen) atoms. The maximum absolute atomic E-state index is 13.5. The van der Waals surface area contributed by atoms with Crippen molar-refractivity contribution >= 4 is 18.4 Å². The molecule has 2 fully saturated rings. The van der Waals surface area contributed by atoms with E-state index in [-0.39, 0.29) is 38.3 Å². The zero-order valence-corrected chi connectivity index (χ0v) is 8.90. The van der Waals surface area contributed by atoms with E-state index >= 15 is 0 Å². The lowest BCUT2D eigenvalue weighted by molar-refractivity contribution is -0.171. The van der Waals surface area contributed by atoms with E-state index in [9.17, 15) is 13.6 Å². The number of aliphatic carboxylic acids is 1. The standard InChI is InChI=1S/C9H13F2NO2.ClH/c10-9(11)6-1-5(8(13)14)2-7(9)4-12-3-6;/h5-7,12H,1-4H2,(H,13,14);1H. The Kier molecular flexibility index (Phi) is 3.55. The number of piperidine rings is 1. The molecule has 0 aromatic rings. The number of alkyl halides is 2. The summed E-state index contributed by atoms with van der Waals surface area (Å²) in [6.45, 7) is 0.487. The van der Waals surface area contributed by atoms with Crippen LogP contribution in [0.2, 0.25) is 0 Å². The second-order valence-electron chi connectivity index (χ2n) is 4.23. The molecule has 0 radical (unpaired) electrons. The molecule has 1 aliphatic carbocycles. The van der Waals surface area contributed by atoms with Crippen molar-refractivity contribution in [3.8, 4) is 0 Å². The van der Waals surface area contributed by atoms with E-state index < -0.39 is 29.6 Å². The van der Waals surface area contributed by atoms with Gasteiger partial charge in [0.2, 0.25) is 0 Å². The van der Waals surface area contributed by atoms with Gasteiger partial charge in [0.05, 0.1) is 5.92 Å². The number of carbonyl (C=O) groups is 1. The minimum atomic E-state index is -2.67. The Morgan fingerprint density at radius 1 is 1.27 bits per heavy atom. The smallest absolute Gasteiger partial charge is 0.306 e. The summed E-state index contributed by atoms with van der Waals surface area (Å²) in [5.41, 5.74) is 0. The molecule has 1 saturated heterocycles. The molecule has 0 spiro atoms. The largest absolute Gasteiger partial charge is 0.481 e. The van der Waals surface area contributed by atoms with Gasteiger partial charge in [-0.25, -0.2) is 8.78 Å². The molecule has 2 rings (SSSR count). The fraction of sp³-hybridized carbons (Fsp3) is 0.889. The van der Waals surface area contributed by atoms with Crippen LogP contribution in [-0.2, 0) is 4.79 Å². The summed E-state index contributed by atoms with van der Waals surface area (Å²) >= 11 is 0. The van der Waals surface area contributed by atoms with Crippen LogP contribution >= 0.6 is 12.4 Å². The zero-order valence-electron chi connectivity index (χ0n) is 8.08. The molecule has 0 aromatic heterocycles. The van der Waals surface area contributed by atoms with Crippen LogP contribution in [0.25, 0.3) is 0 Å². The summed E-state index contributed by atoms with van der Waals surface area (Å²) in [7, 11) is 0. The molecule has 2 atom stereocenters. The minimum absolute atomic E-state index is 0. The average Bonchev–Trinajstić information content (AvgIpc) is 2.00. The van der Waals surface area contributed by atoms with E-state index in [1.807, 2.05) is 0 Å². The summed E-state index contributed by atoms with van der Waals surface area (Å²) in [5.74, 6) is -5.77. The van der Waals surface area contributed by atoms with Crippen molar-refractivity contribution in [1.82, 2.24) is 5.32 Å². The predicted molar refractivity (Wildman–Crippen MR) is 52.4 cm³/mol. The molecule has 3 nitrogen and oxygen atoms in total. The van der Waals surface area contributed by atoms with E-state index in [0.717, 1.165) is 0 Å². The Bertz CT molecular complexity index is 246. The highest BCUT2D eigenvalue weighted by atomic mass is 35.5. The summed E-state index contributed by atoms with van der Waals surface area (Å²) in [4.78, 5) is 10.7. The molecular weight excluding hydrogens is 228 g/mol. The van der Waals surface area contributed by atoms with Crippen molar-refractivity contribution in [2.24, 2.45) is 17.8 Å². The van der Waals surface area contributed by atoms with Crippen molar-refractivity contribution in [3.05, 3.63) is 0 Å². The second-order valence-corrected chi connectivity index (χ2v) is 4.23. The molecular formula is C9H14ClF2NO2. The van der Waals surface area contributed by atoms with Gasteiger partial charge >= 0.3 is 5.97 Å². The number of carboxylic acid groups (broad SMARTS) is 1. The molecule has 88 valence electrons. The highest BCUT2D eigenvalue weighted by Crippen LogP contribution is 2.46. The van der Waals surface area contributed by atoms with Crippen LogP contribution in [0.4, 0.5) is 8.78 Å². The van der Waals surface area contributed by atoms with Gasteiger partial charge in [-0.15, -0.1) is 12.4 Å². The van der Waals surface area contributed by atoms with E-state index in [2.05, 4.69) is 5.32 Å². The van der Waals surface area contributed by atoms with Crippen LogP contribution in [0.15, 0.2) is 0 Å². The van der Waals surface area contributed by atoms with Crippen molar-refractivity contribution in [2.75, 3.05) is 13.1 Å². The topological polar surface area (TPSA) is 49.3 Å². The first kappa shape index (κ1) is 12.6. The van der Waals surface area contributed by atoms with Gasteiger partial charge in [-0.3, -0.25) is 4.79 Å². The minimum Gasteiger partial charge on any atom is -0.481 e. The van der Waals surface area contributed by atoms with Gasteiger partial charge in [0.1, 0.15) is 0 Å². The molecule has 0 amide bonds. The van der Waals surface area contributed by atoms with Gasteiger partial charge in [0, 0.05) is 24.9 Å². The highest BCUT2D eigenvalue weighted by Gasteiger charge is 2.54. The van der Waals surface area contributed by atoms with E-state index in [4.69, 9.17) is 5.11 Å². The number of hydrogen-bond acceptors (Lipinski definition) is 2. The molecule has 6 heteroatoms. The first-order valence-electron chi connectivity index (χ1n) is 4.83. The Balaban J connectivity index is 0.00000112. The lowest BCUT2D eigenvalue weighted by Crippen LogP contribution is -2.56. The second kappa shape index (κ2) is 4.22. The lowest BCUT2D eigenvalue weighted by atomic mass is 9.70. The quantitative estimate of drug-likeness (QED) is 0.729. The SMILES string of the molecule is Cl.O=C(O)C1CC2CNCC(C1)C2(F)F. The first-order chi connectivity index (χ1) is 6.51. The molecule has 2 unspecified atom stereocenters. The van der Waals surface area contributed by atoms with Crippen LogP contribution < -0.4 is 5.32 Å². The summed E-state index contributed by atoms with van der Waals surface area (Å²) < 4.78 is 27.0. The number of nitrogens with one attached hydrogen (secondary N) is 1. The first-order valence-corrected chi connectivity index (χ1v) is 4.83. The van der Waals surface area contributed by atoms with Crippen LogP contribution in [0.3, 0.4) is 0 Å². The third kappa shape index (κ3) is 2.08. The summed E-state index contributed by atoms with van der Waals surface area (Å²) in [6.07, 6.45) is 0.206. The lowest BCUT2D eigenvalue weighted by Gasteiger charge is -2.44. The number of halogens is 3. The fourth-order valence-corrected chi connectivity index (χ4v) is 2.50. The van der Waals surface area contributed by atoms with Gasteiger partial charge in [-0.2, -0.15) is 0 Å². The molecule has 2 N–H and O–H groups in total. The van der Waals surface area contributed by atoms with Gasteiger partial charge in [0.15, 0.2) is 0 Å². The predicted octanol–water partition coefficient (Wildman–Crippen LogP) is 1.37. The summed E-state index contributed by atoms with van der Waals surface area (Å²) in [6, 6.07) is 0. The van der Waals surface area contributed by atoms with Crippen LogP contribution in [-0.4, -0.2) is 30.1 Å². The third-order valence-corrected chi connectivity index (χ3v) is 3.36. The van der Waals surface area contributed by atoms with Crippen molar-refractivity contribution < 1.29 is 18.7 Å². The number of hydrogen-bond donors (Lipinski definition) is 2. The zero-order chi connectivity index (χ0) is 10.3. The molecule has 0 aromatic carbocycles. The Morgan fingerprint density at radius 3 is 2.13 bits per heavy atom. The van der Waals surface area contributed by atoms with E-state index in [1.165, 1.54) is 0 Å². The fourth-order valence-electron chi connectivity index (χ4n) is 2.50. The van der Waals surface area contributed by atoms with E-state index in [0.29, 0.717) is 0 Å². The molecule has 1 aliphatic heterocycles. The van der Waals surface area contributed by atoms with Gasteiger partial charge in [0.25, 0.3) is 5.92 Å². The van der Waals surface area contributed by atoms with Crippen molar-refractivity contribution in [1.29, 1.82) is 0 Å². The summed E-state index contributed by atoms with van der Waals surface area (Å²) in [5, 5.41) is 11.7. The average molecular weight is 242 g/mol. The maximum Gasteiger partial charge on any atom is 0.306 e.